The van der Waals surface area contributed by atoms with E-state index in [-0.39, 0.29) is 0 Å². The fourth-order valence-corrected chi connectivity index (χ4v) is 0.888. The van der Waals surface area contributed by atoms with Crippen molar-refractivity contribution in [3.05, 3.63) is 23.5 Å². The zero-order valence-corrected chi connectivity index (χ0v) is 5.72. The summed E-state index contributed by atoms with van der Waals surface area (Å²) in [5.74, 6) is -0.863. The lowest BCUT2D eigenvalue weighted by Gasteiger charge is -1.91. The van der Waals surface area contributed by atoms with Gasteiger partial charge in [-0.25, -0.2) is 4.79 Å². The van der Waals surface area contributed by atoms with Crippen LogP contribution in [0, 0.1) is 0 Å². The van der Waals surface area contributed by atoms with Crippen molar-refractivity contribution >= 4 is 5.97 Å². The molecule has 3 nitrogen and oxygen atoms in total. The van der Waals surface area contributed by atoms with E-state index in [0.717, 1.165) is 12.0 Å². The molecule has 0 aliphatic carbocycles. The Hall–Kier alpha value is -1.25. The van der Waals surface area contributed by atoms with E-state index in [1.54, 1.807) is 6.20 Å². The molecule has 0 radical (unpaired) electrons. The molecule has 1 rings (SSSR count). The Morgan fingerprint density at radius 3 is 2.80 bits per heavy atom. The average molecular weight is 139 g/mol. The summed E-state index contributed by atoms with van der Waals surface area (Å²) >= 11 is 0. The second-order valence-electron chi connectivity index (χ2n) is 2.05. The number of hydrogen-bond acceptors (Lipinski definition) is 1. The van der Waals surface area contributed by atoms with E-state index in [0.29, 0.717) is 5.56 Å². The summed E-state index contributed by atoms with van der Waals surface area (Å²) in [5, 5.41) is 8.57. The number of nitrogens with one attached hydrogen (secondary N) is 1. The molecular weight excluding hydrogens is 130 g/mol. The van der Waals surface area contributed by atoms with Crippen molar-refractivity contribution in [3.8, 4) is 0 Å². The fourth-order valence-electron chi connectivity index (χ4n) is 0.888. The zero-order chi connectivity index (χ0) is 7.56. The number of carbonyl (C=O) groups is 1. The molecule has 0 aliphatic rings. The SMILES string of the molecule is CCc1c[nH]cc1C(=O)O. The van der Waals surface area contributed by atoms with Gasteiger partial charge in [-0.15, -0.1) is 0 Å². The van der Waals surface area contributed by atoms with Crippen LogP contribution in [0.1, 0.15) is 22.8 Å². The number of rotatable bonds is 2. The molecule has 1 aromatic rings. The first-order valence-electron chi connectivity index (χ1n) is 3.14. The summed E-state index contributed by atoms with van der Waals surface area (Å²) in [6.45, 7) is 1.93. The molecule has 1 heterocycles. The van der Waals surface area contributed by atoms with Crippen LogP contribution in [0.5, 0.6) is 0 Å². The fraction of sp³-hybridized carbons (Fsp3) is 0.286. The summed E-state index contributed by atoms with van der Waals surface area (Å²) in [7, 11) is 0. The third-order valence-electron chi connectivity index (χ3n) is 1.44. The van der Waals surface area contributed by atoms with Crippen molar-refractivity contribution in [3.63, 3.8) is 0 Å². The largest absolute Gasteiger partial charge is 0.478 e. The number of H-pyrrole nitrogens is 1. The molecule has 0 saturated heterocycles. The minimum Gasteiger partial charge on any atom is -0.478 e. The predicted octanol–water partition coefficient (Wildman–Crippen LogP) is 1.28. The van der Waals surface area contributed by atoms with Gasteiger partial charge in [-0.2, -0.15) is 0 Å². The summed E-state index contributed by atoms with van der Waals surface area (Å²) < 4.78 is 0. The van der Waals surface area contributed by atoms with Gasteiger partial charge in [0.2, 0.25) is 0 Å². The van der Waals surface area contributed by atoms with Crippen molar-refractivity contribution in [1.82, 2.24) is 4.98 Å². The van der Waals surface area contributed by atoms with E-state index in [9.17, 15) is 4.79 Å². The maximum absolute atomic E-state index is 10.4. The Morgan fingerprint density at radius 2 is 2.40 bits per heavy atom. The molecule has 0 unspecified atom stereocenters. The van der Waals surface area contributed by atoms with Crippen LogP contribution >= 0.6 is 0 Å². The molecule has 0 bridgehead atoms. The van der Waals surface area contributed by atoms with E-state index in [1.165, 1.54) is 6.20 Å². The number of aromatic nitrogens is 1. The molecule has 0 amide bonds. The number of aromatic amines is 1. The molecule has 3 heteroatoms. The van der Waals surface area contributed by atoms with Crippen molar-refractivity contribution in [2.24, 2.45) is 0 Å². The minimum absolute atomic E-state index is 0.377. The molecule has 2 N–H and O–H groups in total. The highest BCUT2D eigenvalue weighted by atomic mass is 16.4. The predicted molar refractivity (Wildman–Crippen MR) is 37.1 cm³/mol. The van der Waals surface area contributed by atoms with Gasteiger partial charge in [0.05, 0.1) is 5.56 Å². The highest BCUT2D eigenvalue weighted by molar-refractivity contribution is 5.89. The molecule has 10 heavy (non-hydrogen) atoms. The van der Waals surface area contributed by atoms with Crippen LogP contribution in [0.3, 0.4) is 0 Å². The molecule has 0 spiro atoms. The van der Waals surface area contributed by atoms with E-state index < -0.39 is 5.97 Å². The first-order valence-corrected chi connectivity index (χ1v) is 3.14. The Morgan fingerprint density at radius 1 is 1.70 bits per heavy atom. The Labute approximate surface area is 58.7 Å². The van der Waals surface area contributed by atoms with E-state index in [2.05, 4.69) is 4.98 Å². The van der Waals surface area contributed by atoms with Gasteiger partial charge in [0.25, 0.3) is 0 Å². The maximum atomic E-state index is 10.4. The van der Waals surface area contributed by atoms with Crippen LogP contribution in [0.25, 0.3) is 0 Å². The quantitative estimate of drug-likeness (QED) is 0.648. The van der Waals surface area contributed by atoms with Crippen molar-refractivity contribution < 1.29 is 9.90 Å². The average Bonchev–Trinajstić information content (AvgIpc) is 2.33. The molecule has 0 aromatic carbocycles. The monoisotopic (exact) mass is 139 g/mol. The van der Waals surface area contributed by atoms with E-state index in [4.69, 9.17) is 5.11 Å². The standard InChI is InChI=1S/C7H9NO2/c1-2-5-3-8-4-6(5)7(9)10/h3-4,8H,2H2,1H3,(H,9,10). The first kappa shape index (κ1) is 6.86. The normalized spacial score (nSPS) is 9.70. The smallest absolute Gasteiger partial charge is 0.337 e. The highest BCUT2D eigenvalue weighted by Crippen LogP contribution is 2.07. The van der Waals surface area contributed by atoms with Gasteiger partial charge < -0.3 is 10.1 Å². The summed E-state index contributed by atoms with van der Waals surface area (Å²) in [6, 6.07) is 0. The summed E-state index contributed by atoms with van der Waals surface area (Å²) in [5.41, 5.74) is 1.23. The molecule has 1 aromatic heterocycles. The Kier molecular flexibility index (Phi) is 1.76. The van der Waals surface area contributed by atoms with Crippen molar-refractivity contribution in [2.45, 2.75) is 13.3 Å². The third-order valence-corrected chi connectivity index (χ3v) is 1.44. The number of hydrogen-bond donors (Lipinski definition) is 2. The molecule has 0 atom stereocenters. The number of carboxylic acids is 1. The first-order chi connectivity index (χ1) is 4.75. The lowest BCUT2D eigenvalue weighted by atomic mass is 10.1. The van der Waals surface area contributed by atoms with Crippen LogP contribution < -0.4 is 0 Å². The third kappa shape index (κ3) is 1.03. The molecule has 0 saturated carbocycles. The van der Waals surface area contributed by atoms with Gasteiger partial charge >= 0.3 is 5.97 Å². The molecule has 54 valence electrons. The van der Waals surface area contributed by atoms with Crippen LogP contribution in [0.15, 0.2) is 12.4 Å². The lowest BCUT2D eigenvalue weighted by molar-refractivity contribution is 0.0696. The highest BCUT2D eigenvalue weighted by Gasteiger charge is 2.07. The van der Waals surface area contributed by atoms with Crippen LogP contribution in [0.2, 0.25) is 0 Å². The van der Waals surface area contributed by atoms with Crippen LogP contribution in [0.4, 0.5) is 0 Å². The summed E-state index contributed by atoms with van der Waals surface area (Å²) in [6.07, 6.45) is 3.97. The van der Waals surface area contributed by atoms with Crippen LogP contribution in [-0.4, -0.2) is 16.1 Å². The van der Waals surface area contributed by atoms with E-state index >= 15 is 0 Å². The maximum Gasteiger partial charge on any atom is 0.337 e. The second-order valence-corrected chi connectivity index (χ2v) is 2.05. The molecule has 0 fully saturated rings. The number of aryl methyl sites for hydroxylation is 1. The number of carboxylic acid groups (broad SMARTS) is 1. The van der Waals surface area contributed by atoms with Gasteiger partial charge in [-0.3, -0.25) is 0 Å². The number of aromatic carboxylic acids is 1. The lowest BCUT2D eigenvalue weighted by Crippen LogP contribution is -1.97. The molecular formula is C7H9NO2. The van der Waals surface area contributed by atoms with Gasteiger partial charge in [-0.05, 0) is 12.0 Å². The molecule has 0 aliphatic heterocycles. The van der Waals surface area contributed by atoms with Gasteiger partial charge in [0.15, 0.2) is 0 Å². The zero-order valence-electron chi connectivity index (χ0n) is 5.72. The summed E-state index contributed by atoms with van der Waals surface area (Å²) in [4.78, 5) is 13.2. The minimum atomic E-state index is -0.863. The second kappa shape index (κ2) is 2.56. The topological polar surface area (TPSA) is 53.1 Å². The van der Waals surface area contributed by atoms with Crippen LogP contribution in [-0.2, 0) is 6.42 Å². The van der Waals surface area contributed by atoms with Crippen molar-refractivity contribution in [1.29, 1.82) is 0 Å². The van der Waals surface area contributed by atoms with E-state index in [1.807, 2.05) is 6.92 Å². The van der Waals surface area contributed by atoms with Gasteiger partial charge in [0, 0.05) is 12.4 Å². The van der Waals surface area contributed by atoms with Gasteiger partial charge in [-0.1, -0.05) is 6.92 Å². The van der Waals surface area contributed by atoms with Crippen molar-refractivity contribution in [2.75, 3.05) is 0 Å². The van der Waals surface area contributed by atoms with Gasteiger partial charge in [0.1, 0.15) is 0 Å². The Balaban J connectivity index is 3.01. The Bertz CT molecular complexity index is 240.